The Bertz CT molecular complexity index is 589. The summed E-state index contributed by atoms with van der Waals surface area (Å²) in [6.07, 6.45) is 2.33. The van der Waals surface area contributed by atoms with E-state index < -0.39 is 0 Å². The Kier molecular flexibility index (Phi) is 5.29. The van der Waals surface area contributed by atoms with Crippen molar-refractivity contribution in [3.05, 3.63) is 66.0 Å². The molecule has 0 aliphatic carbocycles. The van der Waals surface area contributed by atoms with E-state index in [1.54, 1.807) is 12.1 Å². The van der Waals surface area contributed by atoms with Crippen LogP contribution in [0.15, 0.2) is 54.6 Å². The van der Waals surface area contributed by atoms with E-state index in [0.29, 0.717) is 6.04 Å². The highest BCUT2D eigenvalue weighted by atomic mass is 19.1. The maximum Gasteiger partial charge on any atom is 0.123 e. The molecule has 0 saturated carbocycles. The van der Waals surface area contributed by atoms with Crippen molar-refractivity contribution in [3.63, 3.8) is 0 Å². The molecule has 2 aromatic carbocycles. The first-order valence-electron chi connectivity index (χ1n) is 8.51. The number of benzene rings is 2. The van der Waals surface area contributed by atoms with Crippen LogP contribution in [0.4, 0.5) is 10.1 Å². The highest BCUT2D eigenvalue weighted by Crippen LogP contribution is 2.19. The summed E-state index contributed by atoms with van der Waals surface area (Å²) in [5.41, 5.74) is 2.55. The molecule has 3 heteroatoms. The zero-order chi connectivity index (χ0) is 16.1. The van der Waals surface area contributed by atoms with Crippen molar-refractivity contribution >= 4 is 5.69 Å². The second-order valence-corrected chi connectivity index (χ2v) is 6.37. The van der Waals surface area contributed by atoms with Gasteiger partial charge in [0.2, 0.25) is 0 Å². The zero-order valence-electron chi connectivity index (χ0n) is 13.8. The number of hydrogen-bond donors (Lipinski definition) is 0. The third-order valence-electron chi connectivity index (χ3n) is 4.82. The third-order valence-corrected chi connectivity index (χ3v) is 4.82. The number of piperazine rings is 1. The lowest BCUT2D eigenvalue weighted by atomic mass is 10.0. The molecule has 1 aliphatic heterocycles. The smallest absolute Gasteiger partial charge is 0.123 e. The predicted molar refractivity (Wildman–Crippen MR) is 94.4 cm³/mol. The summed E-state index contributed by atoms with van der Waals surface area (Å²) in [4.78, 5) is 4.92. The quantitative estimate of drug-likeness (QED) is 0.824. The lowest BCUT2D eigenvalue weighted by molar-refractivity contribution is 0.189. The minimum absolute atomic E-state index is 0.165. The van der Waals surface area contributed by atoms with Crippen LogP contribution in [0.25, 0.3) is 0 Å². The third kappa shape index (κ3) is 4.32. The van der Waals surface area contributed by atoms with Crippen LogP contribution in [0.1, 0.15) is 18.9 Å². The van der Waals surface area contributed by atoms with Gasteiger partial charge in [-0.05, 0) is 49.6 Å². The van der Waals surface area contributed by atoms with Gasteiger partial charge in [-0.3, -0.25) is 4.90 Å². The predicted octanol–water partition coefficient (Wildman–Crippen LogP) is 3.97. The second kappa shape index (κ2) is 7.60. The molecule has 0 aromatic heterocycles. The van der Waals surface area contributed by atoms with Gasteiger partial charge >= 0.3 is 0 Å². The number of anilines is 1. The molecule has 1 heterocycles. The van der Waals surface area contributed by atoms with Crippen LogP contribution in [0, 0.1) is 5.82 Å². The molecule has 122 valence electrons. The van der Waals surface area contributed by atoms with E-state index in [1.165, 1.54) is 12.0 Å². The van der Waals surface area contributed by atoms with Gasteiger partial charge in [-0.1, -0.05) is 30.3 Å². The molecule has 0 bridgehead atoms. The zero-order valence-corrected chi connectivity index (χ0v) is 13.8. The number of nitrogens with zero attached hydrogens (tertiary/aromatic N) is 2. The van der Waals surface area contributed by atoms with Crippen LogP contribution in [0.5, 0.6) is 0 Å². The van der Waals surface area contributed by atoms with Crippen molar-refractivity contribution in [1.29, 1.82) is 0 Å². The minimum Gasteiger partial charge on any atom is -0.369 e. The van der Waals surface area contributed by atoms with Gasteiger partial charge in [0.05, 0.1) is 0 Å². The molecular weight excluding hydrogens is 287 g/mol. The Labute approximate surface area is 138 Å². The Hall–Kier alpha value is -1.87. The summed E-state index contributed by atoms with van der Waals surface area (Å²) in [5.74, 6) is -0.165. The van der Waals surface area contributed by atoms with E-state index in [9.17, 15) is 4.39 Å². The molecule has 0 N–H and O–H groups in total. The molecular formula is C20H25FN2. The number of rotatable bonds is 5. The first-order chi connectivity index (χ1) is 11.2. The first-order valence-corrected chi connectivity index (χ1v) is 8.51. The molecule has 2 nitrogen and oxygen atoms in total. The van der Waals surface area contributed by atoms with Crippen molar-refractivity contribution in [3.8, 4) is 0 Å². The van der Waals surface area contributed by atoms with E-state index in [2.05, 4.69) is 47.1 Å². The van der Waals surface area contributed by atoms with Gasteiger partial charge in [-0.15, -0.1) is 0 Å². The largest absolute Gasteiger partial charge is 0.369 e. The van der Waals surface area contributed by atoms with Gasteiger partial charge < -0.3 is 4.90 Å². The Balaban J connectivity index is 1.47. The SMILES string of the molecule is C[C@H](CCc1ccccc1)N1CCN(c2ccc(F)cc2)CC1. The molecule has 2 aromatic rings. The Morgan fingerprint density at radius 3 is 2.22 bits per heavy atom. The summed E-state index contributed by atoms with van der Waals surface area (Å²) in [7, 11) is 0. The average molecular weight is 312 g/mol. The van der Waals surface area contributed by atoms with Crippen molar-refractivity contribution in [2.24, 2.45) is 0 Å². The maximum absolute atomic E-state index is 13.0. The maximum atomic E-state index is 13.0. The second-order valence-electron chi connectivity index (χ2n) is 6.37. The topological polar surface area (TPSA) is 6.48 Å². The molecule has 0 spiro atoms. The lowest BCUT2D eigenvalue weighted by Crippen LogP contribution is -2.49. The fourth-order valence-corrected chi connectivity index (χ4v) is 3.28. The van der Waals surface area contributed by atoms with Crippen molar-refractivity contribution in [2.45, 2.75) is 25.8 Å². The van der Waals surface area contributed by atoms with Crippen LogP contribution in [0.3, 0.4) is 0 Å². The molecule has 3 rings (SSSR count). The van der Waals surface area contributed by atoms with E-state index in [1.807, 2.05) is 12.1 Å². The average Bonchev–Trinajstić information content (AvgIpc) is 2.61. The van der Waals surface area contributed by atoms with Crippen molar-refractivity contribution in [1.82, 2.24) is 4.90 Å². The summed E-state index contributed by atoms with van der Waals surface area (Å²) in [6.45, 7) is 6.51. The molecule has 1 atom stereocenters. The Morgan fingerprint density at radius 2 is 1.57 bits per heavy atom. The van der Waals surface area contributed by atoms with Gasteiger partial charge in [0.15, 0.2) is 0 Å². The highest BCUT2D eigenvalue weighted by Gasteiger charge is 2.21. The summed E-state index contributed by atoms with van der Waals surface area (Å²) in [5, 5.41) is 0. The van der Waals surface area contributed by atoms with Gasteiger partial charge in [0, 0.05) is 37.9 Å². The van der Waals surface area contributed by atoms with Crippen molar-refractivity contribution < 1.29 is 4.39 Å². The highest BCUT2D eigenvalue weighted by molar-refractivity contribution is 5.46. The standard InChI is InChI=1S/C20H25FN2/c1-17(7-8-18-5-3-2-4-6-18)22-13-15-23(16-14-22)20-11-9-19(21)10-12-20/h2-6,9-12,17H,7-8,13-16H2,1H3/t17-/m1/s1. The summed E-state index contributed by atoms with van der Waals surface area (Å²) >= 11 is 0. The Morgan fingerprint density at radius 1 is 0.913 bits per heavy atom. The molecule has 1 fully saturated rings. The molecule has 0 unspecified atom stereocenters. The molecule has 1 aliphatic rings. The van der Waals surface area contributed by atoms with E-state index >= 15 is 0 Å². The molecule has 0 amide bonds. The summed E-state index contributed by atoms with van der Waals surface area (Å²) < 4.78 is 13.0. The van der Waals surface area contributed by atoms with Crippen molar-refractivity contribution in [2.75, 3.05) is 31.1 Å². The molecule has 1 saturated heterocycles. The molecule has 0 radical (unpaired) electrons. The van der Waals surface area contributed by atoms with Gasteiger partial charge in [-0.2, -0.15) is 0 Å². The van der Waals surface area contributed by atoms with E-state index in [-0.39, 0.29) is 5.82 Å². The summed E-state index contributed by atoms with van der Waals surface area (Å²) in [6, 6.07) is 18.2. The van der Waals surface area contributed by atoms with Gasteiger partial charge in [-0.25, -0.2) is 4.39 Å². The van der Waals surface area contributed by atoms with Gasteiger partial charge in [0.1, 0.15) is 5.82 Å². The van der Waals surface area contributed by atoms with E-state index in [4.69, 9.17) is 0 Å². The van der Waals surface area contributed by atoms with Crippen LogP contribution >= 0.6 is 0 Å². The number of aryl methyl sites for hydroxylation is 1. The van der Waals surface area contributed by atoms with Gasteiger partial charge in [0.25, 0.3) is 0 Å². The lowest BCUT2D eigenvalue weighted by Gasteiger charge is -2.39. The molecule has 23 heavy (non-hydrogen) atoms. The fourth-order valence-electron chi connectivity index (χ4n) is 3.28. The van der Waals surface area contributed by atoms with Crippen LogP contribution in [0.2, 0.25) is 0 Å². The first kappa shape index (κ1) is 16.0. The van der Waals surface area contributed by atoms with Crippen LogP contribution in [-0.4, -0.2) is 37.1 Å². The van der Waals surface area contributed by atoms with Crippen LogP contribution < -0.4 is 4.90 Å². The number of hydrogen-bond acceptors (Lipinski definition) is 2. The number of halogens is 1. The monoisotopic (exact) mass is 312 g/mol. The fraction of sp³-hybridized carbons (Fsp3) is 0.400. The minimum atomic E-state index is -0.165. The van der Waals surface area contributed by atoms with Crippen LogP contribution in [-0.2, 0) is 6.42 Å². The normalized spacial score (nSPS) is 17.2. The van der Waals surface area contributed by atoms with E-state index in [0.717, 1.165) is 38.3 Å².